The van der Waals surface area contributed by atoms with Gasteiger partial charge < -0.3 is 0 Å². The van der Waals surface area contributed by atoms with Gasteiger partial charge in [-0.3, -0.25) is 0 Å². The van der Waals surface area contributed by atoms with Crippen LogP contribution in [0.15, 0.2) is 109 Å². The van der Waals surface area contributed by atoms with E-state index in [1.165, 1.54) is 0 Å². The molecule has 0 aromatic heterocycles. The van der Waals surface area contributed by atoms with Gasteiger partial charge in [-0.1, -0.05) is 69.9 Å². The van der Waals surface area contributed by atoms with E-state index in [4.69, 9.17) is 0 Å². The van der Waals surface area contributed by atoms with Gasteiger partial charge in [0.15, 0.2) is 9.81 Å². The van der Waals surface area contributed by atoms with E-state index in [2.05, 4.69) is 39.5 Å². The molecule has 0 radical (unpaired) electrons. The molecule has 106 valence electrons. The van der Waals surface area contributed by atoms with Crippen LogP contribution in [-0.2, 0) is 10.9 Å². The predicted molar refractivity (Wildman–Crippen MR) is 99.5 cm³/mol. The maximum Gasteiger partial charge on any atom is 0.165 e. The summed E-state index contributed by atoms with van der Waals surface area (Å²) >= 11 is 0. The smallest absolute Gasteiger partial charge is 0.0991 e. The van der Waals surface area contributed by atoms with Gasteiger partial charge in [-0.15, -0.1) is 0 Å². The number of hydrogen-bond donors (Lipinski definition) is 0. The second kappa shape index (κ2) is 15.1. The van der Waals surface area contributed by atoms with Crippen LogP contribution in [0, 0.1) is 0 Å². The van der Waals surface area contributed by atoms with E-state index in [0.717, 1.165) is 9.81 Å². The Morgan fingerprint density at radius 2 is 1.25 bits per heavy atom. The van der Waals surface area contributed by atoms with Crippen molar-refractivity contribution in [3.05, 3.63) is 109 Å². The summed E-state index contributed by atoms with van der Waals surface area (Å²) in [6, 6.07) is 0. The Morgan fingerprint density at radius 1 is 0.750 bits per heavy atom. The summed E-state index contributed by atoms with van der Waals surface area (Å²) in [5.74, 6) is 0. The number of hydrogen-bond acceptors (Lipinski definition) is 0. The Labute approximate surface area is 127 Å². The second-order valence-corrected chi connectivity index (χ2v) is 5.24. The van der Waals surface area contributed by atoms with Crippen molar-refractivity contribution in [2.45, 2.75) is 6.92 Å². The van der Waals surface area contributed by atoms with Crippen molar-refractivity contribution in [2.75, 3.05) is 0 Å². The molecule has 20 heavy (non-hydrogen) atoms. The highest BCUT2D eigenvalue weighted by Crippen LogP contribution is 2.23. The van der Waals surface area contributed by atoms with Crippen molar-refractivity contribution in [1.82, 2.24) is 0 Å². The zero-order chi connectivity index (χ0) is 15.8. The van der Waals surface area contributed by atoms with Crippen LogP contribution >= 0.6 is 0 Å². The molecule has 0 saturated carbocycles. The van der Waals surface area contributed by atoms with Gasteiger partial charge in [0.2, 0.25) is 0 Å². The van der Waals surface area contributed by atoms with Crippen LogP contribution in [0.1, 0.15) is 6.92 Å². The maximum absolute atomic E-state index is 3.87. The normalized spacial score (nSPS) is 12.7. The maximum atomic E-state index is 3.87. The lowest BCUT2D eigenvalue weighted by atomic mass is 10.4. The number of rotatable bonds is 8. The lowest BCUT2D eigenvalue weighted by Crippen LogP contribution is -2.01. The van der Waals surface area contributed by atoms with Crippen LogP contribution in [0.5, 0.6) is 0 Å². The SMILES string of the molecule is C=C/C=C(\C=C)[S+](C=C)/C(C=C)=C/C=C/C.C=CC=C. The summed E-state index contributed by atoms with van der Waals surface area (Å²) < 4.78 is 0. The Kier molecular flexibility index (Phi) is 15.3. The van der Waals surface area contributed by atoms with Gasteiger partial charge in [-0.05, 0) is 31.2 Å². The van der Waals surface area contributed by atoms with Crippen molar-refractivity contribution in [1.29, 1.82) is 0 Å². The van der Waals surface area contributed by atoms with Crippen molar-refractivity contribution < 1.29 is 0 Å². The first kappa shape index (κ1) is 20.3. The monoisotopic (exact) mass is 285 g/mol. The lowest BCUT2D eigenvalue weighted by molar-refractivity contribution is 1.72. The first-order valence-corrected chi connectivity index (χ1v) is 7.45. The van der Waals surface area contributed by atoms with Crippen LogP contribution in [0.25, 0.3) is 0 Å². The molecule has 0 aliphatic rings. The van der Waals surface area contributed by atoms with Crippen molar-refractivity contribution in [2.24, 2.45) is 0 Å². The second-order valence-electron chi connectivity index (χ2n) is 3.28. The van der Waals surface area contributed by atoms with Gasteiger partial charge in [0.25, 0.3) is 0 Å². The zero-order valence-corrected chi connectivity index (χ0v) is 13.2. The van der Waals surface area contributed by atoms with Crippen LogP contribution < -0.4 is 0 Å². The summed E-state index contributed by atoms with van der Waals surface area (Å²) in [5.41, 5.74) is 0. The standard InChI is InChI=1S/C15H19S.C4H6/c1-6-11-13-15(9-4)16(10-5)14(8-3)12-7-2;1-3-4-2/h6-13H,2-5H2,1H3;3-4H,1-2H2/q+1;/b11-6+,14-12+,15-13+;. The first-order valence-electron chi connectivity index (χ1n) is 6.16. The molecule has 0 amide bonds. The Balaban J connectivity index is 0. The minimum Gasteiger partial charge on any atom is -0.0991 e. The molecule has 0 spiro atoms. The van der Waals surface area contributed by atoms with Crippen molar-refractivity contribution >= 4 is 10.9 Å². The highest BCUT2D eigenvalue weighted by Gasteiger charge is 2.22. The molecule has 0 bridgehead atoms. The van der Waals surface area contributed by atoms with E-state index in [0.29, 0.717) is 0 Å². The molecule has 0 aromatic carbocycles. The van der Waals surface area contributed by atoms with E-state index in [9.17, 15) is 0 Å². The molecule has 0 fully saturated rings. The largest absolute Gasteiger partial charge is 0.165 e. The van der Waals surface area contributed by atoms with Crippen LogP contribution in [0.2, 0.25) is 0 Å². The molecule has 1 unspecified atom stereocenters. The van der Waals surface area contributed by atoms with Crippen LogP contribution in [-0.4, -0.2) is 0 Å². The quantitative estimate of drug-likeness (QED) is 0.378. The molecule has 0 rings (SSSR count). The summed E-state index contributed by atoms with van der Waals surface area (Å²) in [6.07, 6.45) is 16.7. The van der Waals surface area contributed by atoms with Gasteiger partial charge in [-0.25, -0.2) is 0 Å². The summed E-state index contributed by atoms with van der Waals surface area (Å²) in [5, 5.41) is 1.91. The molecule has 1 atom stereocenters. The average Bonchev–Trinajstić information content (AvgIpc) is 2.50. The number of allylic oxidation sites excluding steroid dienone is 9. The minimum atomic E-state index is -0.181. The topological polar surface area (TPSA) is 0 Å². The minimum absolute atomic E-state index is 0.181. The average molecular weight is 285 g/mol. The molecule has 0 aliphatic heterocycles. The van der Waals surface area contributed by atoms with E-state index in [1.54, 1.807) is 18.2 Å². The van der Waals surface area contributed by atoms with Gasteiger partial charge >= 0.3 is 0 Å². The van der Waals surface area contributed by atoms with Gasteiger partial charge in [0.1, 0.15) is 5.41 Å². The van der Waals surface area contributed by atoms with Gasteiger partial charge in [0.05, 0.1) is 10.9 Å². The summed E-state index contributed by atoms with van der Waals surface area (Å²) in [7, 11) is -0.181. The fraction of sp³-hybridized carbons (Fsp3) is 0.0526. The molecular formula is C19H25S+. The summed E-state index contributed by atoms with van der Waals surface area (Å²) in [4.78, 5) is 2.22. The van der Waals surface area contributed by atoms with Gasteiger partial charge in [-0.2, -0.15) is 0 Å². The Morgan fingerprint density at radius 3 is 1.55 bits per heavy atom. The molecule has 0 N–H and O–H groups in total. The predicted octanol–water partition coefficient (Wildman–Crippen LogP) is 6.01. The molecule has 0 heterocycles. The molecular weight excluding hydrogens is 260 g/mol. The van der Waals surface area contributed by atoms with Gasteiger partial charge in [0, 0.05) is 0 Å². The molecule has 0 saturated heterocycles. The fourth-order valence-electron chi connectivity index (χ4n) is 1.10. The highest BCUT2D eigenvalue weighted by molar-refractivity contribution is 8.07. The van der Waals surface area contributed by atoms with Crippen molar-refractivity contribution in [3.63, 3.8) is 0 Å². The van der Waals surface area contributed by atoms with Crippen LogP contribution in [0.3, 0.4) is 0 Å². The summed E-state index contributed by atoms with van der Waals surface area (Å²) in [6.45, 7) is 23.9. The van der Waals surface area contributed by atoms with E-state index in [-0.39, 0.29) is 10.9 Å². The molecule has 0 aromatic rings. The Hall–Kier alpha value is -1.99. The molecule has 0 nitrogen and oxygen atoms in total. The van der Waals surface area contributed by atoms with E-state index >= 15 is 0 Å². The van der Waals surface area contributed by atoms with E-state index < -0.39 is 0 Å². The van der Waals surface area contributed by atoms with Crippen LogP contribution in [0.4, 0.5) is 0 Å². The van der Waals surface area contributed by atoms with Crippen molar-refractivity contribution in [3.8, 4) is 0 Å². The molecule has 1 heteroatoms. The molecule has 0 aliphatic carbocycles. The zero-order valence-electron chi connectivity index (χ0n) is 12.4. The first-order chi connectivity index (χ1) is 9.66. The highest BCUT2D eigenvalue weighted by atomic mass is 32.2. The fourth-order valence-corrected chi connectivity index (χ4v) is 2.58. The van der Waals surface area contributed by atoms with E-state index in [1.807, 2.05) is 48.8 Å². The lowest BCUT2D eigenvalue weighted by Gasteiger charge is -2.02. The third kappa shape index (κ3) is 9.01. The third-order valence-electron chi connectivity index (χ3n) is 1.98. The third-order valence-corrected chi connectivity index (χ3v) is 3.93. The Bertz CT molecular complexity index is 425.